The molecular weight excluding hydrogens is 244 g/mol. The quantitative estimate of drug-likeness (QED) is 0.604. The van der Waals surface area contributed by atoms with Crippen LogP contribution in [0.4, 0.5) is 11.4 Å². The molecule has 0 amide bonds. The number of rotatable bonds is 5. The van der Waals surface area contributed by atoms with Crippen molar-refractivity contribution in [1.82, 2.24) is 9.97 Å². The number of hydrogen-bond acceptors (Lipinski definition) is 5. The highest BCUT2D eigenvalue weighted by Gasteiger charge is 2.08. The van der Waals surface area contributed by atoms with E-state index >= 15 is 0 Å². The summed E-state index contributed by atoms with van der Waals surface area (Å²) in [6, 6.07) is 3.59. The highest BCUT2D eigenvalue weighted by Crippen LogP contribution is 2.24. The van der Waals surface area contributed by atoms with E-state index in [0.29, 0.717) is 16.6 Å². The van der Waals surface area contributed by atoms with Crippen LogP contribution in [0.2, 0.25) is 0 Å². The van der Waals surface area contributed by atoms with Gasteiger partial charge < -0.3 is 21.1 Å². The molecule has 0 bridgehead atoms. The summed E-state index contributed by atoms with van der Waals surface area (Å²) in [7, 11) is 0. The minimum absolute atomic E-state index is 0.177. The van der Waals surface area contributed by atoms with Gasteiger partial charge in [-0.2, -0.15) is 0 Å². The molecule has 19 heavy (non-hydrogen) atoms. The van der Waals surface area contributed by atoms with Crippen LogP contribution in [0.5, 0.6) is 0 Å². The molecule has 2 aromatic rings. The lowest BCUT2D eigenvalue weighted by atomic mass is 10.1. The van der Waals surface area contributed by atoms with E-state index in [2.05, 4.69) is 15.3 Å². The monoisotopic (exact) mass is 262 g/mol. The number of aliphatic hydroxyl groups excluding tert-OH is 1. The second kappa shape index (κ2) is 5.71. The Balaban J connectivity index is 2.29. The molecule has 0 aliphatic heterocycles. The Morgan fingerprint density at radius 3 is 3.05 bits per heavy atom. The summed E-state index contributed by atoms with van der Waals surface area (Å²) in [5.74, 6) is 0. The van der Waals surface area contributed by atoms with E-state index in [9.17, 15) is 4.79 Å². The second-order valence-corrected chi connectivity index (χ2v) is 4.60. The van der Waals surface area contributed by atoms with Gasteiger partial charge in [0.15, 0.2) is 0 Å². The number of H-pyrrole nitrogens is 1. The zero-order chi connectivity index (χ0) is 13.8. The maximum absolute atomic E-state index is 11.6. The zero-order valence-corrected chi connectivity index (χ0v) is 10.8. The summed E-state index contributed by atoms with van der Waals surface area (Å²) < 4.78 is 0. The molecule has 1 aromatic carbocycles. The van der Waals surface area contributed by atoms with Gasteiger partial charge in [0.25, 0.3) is 5.56 Å². The van der Waals surface area contributed by atoms with Gasteiger partial charge in [-0.05, 0) is 31.9 Å². The van der Waals surface area contributed by atoms with E-state index in [0.717, 1.165) is 18.5 Å². The van der Waals surface area contributed by atoms with Crippen LogP contribution in [0.15, 0.2) is 23.3 Å². The minimum atomic E-state index is -0.198. The first kappa shape index (κ1) is 13.4. The number of nitrogens with two attached hydrogens (primary N) is 1. The van der Waals surface area contributed by atoms with Crippen LogP contribution in [0.25, 0.3) is 10.9 Å². The standard InChI is InChI=1S/C13H18N4O2/c1-8(3-2-4-18)17-12-6-11-9(5-10(12)14)13(19)16-7-15-11/h5-8,17-18H,2-4,14H2,1H3,(H,15,16,19). The molecule has 0 aliphatic carbocycles. The lowest BCUT2D eigenvalue weighted by Gasteiger charge is -2.16. The summed E-state index contributed by atoms with van der Waals surface area (Å²) in [6.45, 7) is 2.20. The maximum Gasteiger partial charge on any atom is 0.258 e. The minimum Gasteiger partial charge on any atom is -0.397 e. The number of hydrogen-bond donors (Lipinski definition) is 4. The van der Waals surface area contributed by atoms with Crippen LogP contribution < -0.4 is 16.6 Å². The van der Waals surface area contributed by atoms with E-state index < -0.39 is 0 Å². The van der Waals surface area contributed by atoms with Gasteiger partial charge in [-0.1, -0.05) is 0 Å². The van der Waals surface area contributed by atoms with E-state index in [1.54, 1.807) is 12.1 Å². The zero-order valence-electron chi connectivity index (χ0n) is 10.8. The summed E-state index contributed by atoms with van der Waals surface area (Å²) >= 11 is 0. The van der Waals surface area contributed by atoms with Crippen LogP contribution in [-0.2, 0) is 0 Å². The summed E-state index contributed by atoms with van der Waals surface area (Å²) in [5.41, 5.74) is 7.62. The number of anilines is 2. The molecular formula is C13H18N4O2. The number of nitrogens with one attached hydrogen (secondary N) is 2. The van der Waals surface area contributed by atoms with Gasteiger partial charge in [0, 0.05) is 12.6 Å². The summed E-state index contributed by atoms with van der Waals surface area (Å²) in [6.07, 6.45) is 2.95. The van der Waals surface area contributed by atoms with Crippen molar-refractivity contribution < 1.29 is 5.11 Å². The fraction of sp³-hybridized carbons (Fsp3) is 0.385. The first-order valence-corrected chi connectivity index (χ1v) is 6.26. The molecule has 1 heterocycles. The van der Waals surface area contributed by atoms with E-state index in [-0.39, 0.29) is 18.2 Å². The van der Waals surface area contributed by atoms with E-state index in [1.165, 1.54) is 6.33 Å². The predicted molar refractivity (Wildman–Crippen MR) is 76.2 cm³/mol. The third kappa shape index (κ3) is 3.03. The van der Waals surface area contributed by atoms with Crippen LogP contribution in [-0.4, -0.2) is 27.7 Å². The number of fused-ring (bicyclic) bond motifs is 1. The van der Waals surface area contributed by atoms with Gasteiger partial charge in [0.1, 0.15) is 0 Å². The molecule has 0 saturated heterocycles. The van der Waals surface area contributed by atoms with Crippen molar-refractivity contribution in [1.29, 1.82) is 0 Å². The van der Waals surface area contributed by atoms with E-state index in [1.807, 2.05) is 6.92 Å². The SMILES string of the molecule is CC(CCCO)Nc1cc2nc[nH]c(=O)c2cc1N. The second-order valence-electron chi connectivity index (χ2n) is 4.60. The lowest BCUT2D eigenvalue weighted by Crippen LogP contribution is -2.17. The topological polar surface area (TPSA) is 104 Å². The molecule has 1 aromatic heterocycles. The Morgan fingerprint density at radius 1 is 1.53 bits per heavy atom. The van der Waals surface area contributed by atoms with Crippen molar-refractivity contribution in [3.63, 3.8) is 0 Å². The normalized spacial score (nSPS) is 12.5. The van der Waals surface area contributed by atoms with Crippen molar-refractivity contribution in [2.75, 3.05) is 17.7 Å². The van der Waals surface area contributed by atoms with Gasteiger partial charge in [-0.3, -0.25) is 4.79 Å². The molecule has 2 rings (SSSR count). The van der Waals surface area contributed by atoms with Gasteiger partial charge in [-0.15, -0.1) is 0 Å². The molecule has 6 heteroatoms. The Kier molecular flexibility index (Phi) is 4.01. The molecule has 6 nitrogen and oxygen atoms in total. The van der Waals surface area contributed by atoms with Gasteiger partial charge >= 0.3 is 0 Å². The predicted octanol–water partition coefficient (Wildman–Crippen LogP) is 1.08. The number of benzene rings is 1. The Labute approximate surface area is 110 Å². The third-order valence-corrected chi connectivity index (χ3v) is 3.01. The average Bonchev–Trinajstić information content (AvgIpc) is 2.38. The molecule has 5 N–H and O–H groups in total. The molecule has 102 valence electrons. The van der Waals surface area contributed by atoms with Crippen LogP contribution >= 0.6 is 0 Å². The number of nitrogen functional groups attached to an aromatic ring is 1. The van der Waals surface area contributed by atoms with E-state index in [4.69, 9.17) is 10.8 Å². The molecule has 0 spiro atoms. The first-order chi connectivity index (χ1) is 9.11. The molecule has 1 atom stereocenters. The first-order valence-electron chi connectivity index (χ1n) is 6.26. The van der Waals surface area contributed by atoms with Crippen LogP contribution in [0.1, 0.15) is 19.8 Å². The number of aliphatic hydroxyl groups is 1. The Morgan fingerprint density at radius 2 is 2.32 bits per heavy atom. The molecule has 0 saturated carbocycles. The fourth-order valence-corrected chi connectivity index (χ4v) is 1.99. The Hall–Kier alpha value is -2.08. The number of aromatic nitrogens is 2. The van der Waals surface area contributed by atoms with Crippen molar-refractivity contribution in [2.45, 2.75) is 25.8 Å². The van der Waals surface area contributed by atoms with Crippen molar-refractivity contribution in [2.24, 2.45) is 0 Å². The third-order valence-electron chi connectivity index (χ3n) is 3.01. The average molecular weight is 262 g/mol. The van der Waals surface area contributed by atoms with Crippen molar-refractivity contribution >= 4 is 22.3 Å². The van der Waals surface area contributed by atoms with Gasteiger partial charge in [0.2, 0.25) is 0 Å². The van der Waals surface area contributed by atoms with Gasteiger partial charge in [0.05, 0.1) is 28.6 Å². The molecule has 1 unspecified atom stereocenters. The van der Waals surface area contributed by atoms with Gasteiger partial charge in [-0.25, -0.2) is 4.98 Å². The Bertz CT molecular complexity index is 624. The fourth-order valence-electron chi connectivity index (χ4n) is 1.99. The van der Waals surface area contributed by atoms with Crippen LogP contribution in [0, 0.1) is 0 Å². The molecule has 0 aliphatic rings. The van der Waals surface area contributed by atoms with Crippen molar-refractivity contribution in [3.05, 3.63) is 28.8 Å². The lowest BCUT2D eigenvalue weighted by molar-refractivity contribution is 0.282. The summed E-state index contributed by atoms with van der Waals surface area (Å²) in [4.78, 5) is 18.2. The smallest absolute Gasteiger partial charge is 0.258 e. The number of aromatic amines is 1. The summed E-state index contributed by atoms with van der Waals surface area (Å²) in [5, 5.41) is 12.6. The molecule has 0 radical (unpaired) electrons. The largest absolute Gasteiger partial charge is 0.397 e. The maximum atomic E-state index is 11.6. The number of nitrogens with zero attached hydrogens (tertiary/aromatic N) is 1. The van der Waals surface area contributed by atoms with Crippen LogP contribution in [0.3, 0.4) is 0 Å². The molecule has 0 fully saturated rings. The highest BCUT2D eigenvalue weighted by atomic mass is 16.2. The van der Waals surface area contributed by atoms with Crippen molar-refractivity contribution in [3.8, 4) is 0 Å². The highest BCUT2D eigenvalue weighted by molar-refractivity contribution is 5.88.